The zero-order valence-electron chi connectivity index (χ0n) is 14.4. The lowest BCUT2D eigenvalue weighted by Gasteiger charge is -2.38. The average molecular weight is 358 g/mol. The number of hydrogen-bond donors (Lipinski definition) is 0. The smallest absolute Gasteiger partial charge is 0.422 e. The van der Waals surface area contributed by atoms with Crippen LogP contribution < -0.4 is 0 Å². The molecule has 1 aromatic heterocycles. The Hall–Kier alpha value is -2.12. The number of alkyl halides is 3. The summed E-state index contributed by atoms with van der Waals surface area (Å²) in [5, 5.41) is 0. The summed E-state index contributed by atoms with van der Waals surface area (Å²) in [6.07, 6.45) is -1.56. The summed E-state index contributed by atoms with van der Waals surface area (Å²) in [7, 11) is 0. The van der Waals surface area contributed by atoms with Gasteiger partial charge in [0.1, 0.15) is 0 Å². The lowest BCUT2D eigenvalue weighted by atomic mass is 9.90. The molecule has 5 nitrogen and oxygen atoms in total. The molecule has 0 spiro atoms. The van der Waals surface area contributed by atoms with Crippen LogP contribution in [0.3, 0.4) is 0 Å². The molecule has 0 aromatic carbocycles. The largest absolute Gasteiger partial charge is 0.449 e. The van der Waals surface area contributed by atoms with Crippen molar-refractivity contribution < 1.29 is 27.5 Å². The number of halogens is 3. The first kappa shape index (κ1) is 19.2. The first-order chi connectivity index (χ1) is 11.6. The van der Waals surface area contributed by atoms with Crippen molar-refractivity contribution in [3.8, 4) is 0 Å². The normalized spacial score (nSPS) is 21.1. The van der Waals surface area contributed by atoms with Crippen molar-refractivity contribution >= 4 is 11.9 Å². The Morgan fingerprint density at radius 2 is 2.00 bits per heavy atom. The van der Waals surface area contributed by atoms with E-state index in [9.17, 15) is 22.8 Å². The Balaban J connectivity index is 2.19. The molecule has 1 aliphatic heterocycles. The Kier molecular flexibility index (Phi) is 5.69. The fourth-order valence-electron chi connectivity index (χ4n) is 2.90. The summed E-state index contributed by atoms with van der Waals surface area (Å²) < 4.78 is 40.7. The first-order valence-corrected chi connectivity index (χ1v) is 8.06. The molecule has 2 heterocycles. The number of hydrogen-bond acceptors (Lipinski definition) is 4. The maximum Gasteiger partial charge on any atom is 0.422 e. The van der Waals surface area contributed by atoms with E-state index in [4.69, 9.17) is 0 Å². The Morgan fingerprint density at radius 1 is 1.32 bits per heavy atom. The van der Waals surface area contributed by atoms with Crippen LogP contribution in [0, 0.1) is 19.8 Å². The molecule has 1 saturated heterocycles. The zero-order valence-corrected chi connectivity index (χ0v) is 14.4. The number of carbonyl (C=O) groups is 2. The van der Waals surface area contributed by atoms with Gasteiger partial charge in [-0.05, 0) is 43.7 Å². The zero-order chi connectivity index (χ0) is 18.8. The molecule has 0 bridgehead atoms. The molecule has 8 heteroatoms. The van der Waals surface area contributed by atoms with Gasteiger partial charge in [0.05, 0.1) is 6.04 Å². The molecule has 0 aliphatic carbocycles. The van der Waals surface area contributed by atoms with Gasteiger partial charge in [0.2, 0.25) is 0 Å². The van der Waals surface area contributed by atoms with Crippen LogP contribution in [0.5, 0.6) is 0 Å². The van der Waals surface area contributed by atoms with Crippen LogP contribution >= 0.6 is 0 Å². The van der Waals surface area contributed by atoms with Gasteiger partial charge in [-0.1, -0.05) is 13.0 Å². The number of aromatic nitrogens is 1. The second kappa shape index (κ2) is 7.41. The number of nitrogens with zero attached hydrogens (tertiary/aromatic N) is 2. The van der Waals surface area contributed by atoms with E-state index in [0.717, 1.165) is 23.2 Å². The number of pyridine rings is 1. The summed E-state index contributed by atoms with van der Waals surface area (Å²) in [6, 6.07) is 1.50. The van der Waals surface area contributed by atoms with E-state index in [1.54, 1.807) is 6.20 Å². The van der Waals surface area contributed by atoms with Gasteiger partial charge in [-0.25, -0.2) is 4.79 Å². The topological polar surface area (TPSA) is 59.5 Å². The molecule has 0 N–H and O–H groups in total. The Morgan fingerprint density at radius 3 is 2.60 bits per heavy atom. The van der Waals surface area contributed by atoms with Crippen LogP contribution in [0.4, 0.5) is 13.2 Å². The van der Waals surface area contributed by atoms with Crippen LogP contribution in [0.2, 0.25) is 0 Å². The summed E-state index contributed by atoms with van der Waals surface area (Å²) >= 11 is 0. The lowest BCUT2D eigenvalue weighted by molar-refractivity contribution is -0.190. The van der Waals surface area contributed by atoms with Crippen molar-refractivity contribution in [3.05, 3.63) is 29.1 Å². The van der Waals surface area contributed by atoms with E-state index in [1.807, 2.05) is 26.8 Å². The van der Waals surface area contributed by atoms with Crippen LogP contribution in [0.1, 0.15) is 42.6 Å². The molecular formula is C17H21F3N2O3. The van der Waals surface area contributed by atoms with Crippen molar-refractivity contribution in [1.82, 2.24) is 9.88 Å². The first-order valence-electron chi connectivity index (χ1n) is 8.06. The van der Waals surface area contributed by atoms with Crippen molar-refractivity contribution in [2.75, 3.05) is 13.2 Å². The van der Waals surface area contributed by atoms with Crippen LogP contribution in [-0.4, -0.2) is 41.1 Å². The quantitative estimate of drug-likeness (QED) is 0.602. The number of carbonyl (C=O) groups excluding carboxylic acids is 2. The summed E-state index contributed by atoms with van der Waals surface area (Å²) in [4.78, 5) is 29.7. The lowest BCUT2D eigenvalue weighted by Crippen LogP contribution is -2.45. The summed E-state index contributed by atoms with van der Waals surface area (Å²) in [5.74, 6) is -2.37. The van der Waals surface area contributed by atoms with Crippen molar-refractivity contribution in [3.63, 3.8) is 0 Å². The minimum atomic E-state index is -4.66. The molecule has 1 amide bonds. The fourth-order valence-corrected chi connectivity index (χ4v) is 2.90. The molecule has 2 rings (SSSR count). The van der Waals surface area contributed by atoms with Crippen molar-refractivity contribution in [1.29, 1.82) is 0 Å². The SMILES string of the molecule is Cc1cc([C@H]2CC[C@H](C)CN2C(=O)C(=O)OCC(F)(F)F)cnc1C. The van der Waals surface area contributed by atoms with Gasteiger partial charge in [0.15, 0.2) is 6.61 Å². The number of likely N-dealkylation sites (tertiary alicyclic amines) is 1. The molecular weight excluding hydrogens is 337 g/mol. The third-order valence-electron chi connectivity index (χ3n) is 4.37. The predicted molar refractivity (Wildman–Crippen MR) is 83.6 cm³/mol. The van der Waals surface area contributed by atoms with E-state index in [2.05, 4.69) is 9.72 Å². The summed E-state index contributed by atoms with van der Waals surface area (Å²) in [6.45, 7) is 4.20. The second-order valence-corrected chi connectivity index (χ2v) is 6.52. The monoisotopic (exact) mass is 358 g/mol. The number of esters is 1. The molecule has 1 aromatic rings. The van der Waals surface area contributed by atoms with Crippen LogP contribution in [0.15, 0.2) is 12.3 Å². The van der Waals surface area contributed by atoms with Gasteiger partial charge in [-0.3, -0.25) is 9.78 Å². The average Bonchev–Trinajstić information content (AvgIpc) is 2.54. The molecule has 0 radical (unpaired) electrons. The molecule has 25 heavy (non-hydrogen) atoms. The highest BCUT2D eigenvalue weighted by Crippen LogP contribution is 2.33. The van der Waals surface area contributed by atoms with Crippen molar-refractivity contribution in [2.24, 2.45) is 5.92 Å². The molecule has 1 fully saturated rings. The fraction of sp³-hybridized carbons (Fsp3) is 0.588. The number of piperidine rings is 1. The van der Waals surface area contributed by atoms with Gasteiger partial charge in [-0.2, -0.15) is 13.2 Å². The maximum atomic E-state index is 12.4. The molecule has 1 aliphatic rings. The highest BCUT2D eigenvalue weighted by molar-refractivity contribution is 6.32. The Labute approximate surface area is 144 Å². The van der Waals surface area contributed by atoms with Gasteiger partial charge in [0.25, 0.3) is 0 Å². The third-order valence-corrected chi connectivity index (χ3v) is 4.37. The molecule has 0 saturated carbocycles. The van der Waals surface area contributed by atoms with E-state index in [1.165, 1.54) is 4.90 Å². The van der Waals surface area contributed by atoms with Gasteiger partial charge in [-0.15, -0.1) is 0 Å². The predicted octanol–water partition coefficient (Wildman–Crippen LogP) is 3.10. The molecule has 2 atom stereocenters. The van der Waals surface area contributed by atoms with E-state index >= 15 is 0 Å². The number of amides is 1. The van der Waals surface area contributed by atoms with E-state index in [-0.39, 0.29) is 12.5 Å². The minimum absolute atomic E-state index is 0.148. The maximum absolute atomic E-state index is 12.4. The van der Waals surface area contributed by atoms with Crippen molar-refractivity contribution in [2.45, 2.75) is 45.8 Å². The van der Waals surface area contributed by atoms with Gasteiger partial charge < -0.3 is 9.64 Å². The number of ether oxygens (including phenoxy) is 1. The standard InChI is InChI=1S/C17H21F3N2O3/c1-10-4-5-14(13-6-11(2)12(3)21-7-13)22(8-10)15(23)16(24)25-9-17(18,19)20/h6-7,10,14H,4-5,8-9H2,1-3H3/t10-,14+/m0/s1. The molecule has 138 valence electrons. The van der Waals surface area contributed by atoms with Gasteiger partial charge in [0, 0.05) is 18.4 Å². The summed E-state index contributed by atoms with van der Waals surface area (Å²) in [5.41, 5.74) is 2.57. The highest BCUT2D eigenvalue weighted by atomic mass is 19.4. The van der Waals surface area contributed by atoms with Gasteiger partial charge >= 0.3 is 18.1 Å². The van der Waals surface area contributed by atoms with Crippen LogP contribution in [0.25, 0.3) is 0 Å². The highest BCUT2D eigenvalue weighted by Gasteiger charge is 2.37. The van der Waals surface area contributed by atoms with E-state index < -0.39 is 30.7 Å². The molecule has 0 unspecified atom stereocenters. The Bertz CT molecular complexity index is 661. The number of aryl methyl sites for hydroxylation is 2. The minimum Gasteiger partial charge on any atom is -0.449 e. The van der Waals surface area contributed by atoms with E-state index in [0.29, 0.717) is 6.42 Å². The number of rotatable bonds is 2. The third kappa shape index (κ3) is 4.93. The van der Waals surface area contributed by atoms with Crippen LogP contribution in [-0.2, 0) is 14.3 Å². The second-order valence-electron chi connectivity index (χ2n) is 6.52.